The first kappa shape index (κ1) is 17.5. The third-order valence-corrected chi connectivity index (χ3v) is 3.45. The van der Waals surface area contributed by atoms with Crippen molar-refractivity contribution in [1.82, 2.24) is 10.3 Å². The molecule has 6 heteroatoms. The lowest BCUT2D eigenvalue weighted by Crippen LogP contribution is -2.18. The summed E-state index contributed by atoms with van der Waals surface area (Å²) in [5, 5.41) is 3.76. The van der Waals surface area contributed by atoms with E-state index in [-0.39, 0.29) is 0 Å². The molecule has 0 bridgehead atoms. The van der Waals surface area contributed by atoms with E-state index in [1.165, 1.54) is 0 Å². The molecule has 0 atom stereocenters. The summed E-state index contributed by atoms with van der Waals surface area (Å²) in [7, 11) is 3.32. The number of hydrogen-bond donors (Lipinski definition) is 1. The Morgan fingerprint density at radius 2 is 1.91 bits per heavy atom. The van der Waals surface area contributed by atoms with Gasteiger partial charge in [-0.1, -0.05) is 23.7 Å². The van der Waals surface area contributed by atoms with Crippen LogP contribution in [0.4, 0.5) is 0 Å². The lowest BCUT2D eigenvalue weighted by atomic mass is 10.2. The molecule has 5 nitrogen and oxygen atoms in total. The first-order valence-corrected chi connectivity index (χ1v) is 7.70. The molecule has 0 saturated heterocycles. The molecule has 0 radical (unpaired) electrons. The quantitative estimate of drug-likeness (QED) is 0.563. The van der Waals surface area contributed by atoms with Gasteiger partial charge in [0.05, 0.1) is 13.7 Å². The van der Waals surface area contributed by atoms with Crippen LogP contribution < -0.4 is 14.8 Å². The van der Waals surface area contributed by atoms with Gasteiger partial charge in [-0.25, -0.2) is 4.98 Å². The Kier molecular flexibility index (Phi) is 7.13. The fraction of sp³-hybridized carbons (Fsp3) is 0.353. The van der Waals surface area contributed by atoms with E-state index in [9.17, 15) is 0 Å². The van der Waals surface area contributed by atoms with E-state index in [2.05, 4.69) is 10.3 Å². The lowest BCUT2D eigenvalue weighted by Gasteiger charge is -2.12. The van der Waals surface area contributed by atoms with Gasteiger partial charge in [0, 0.05) is 32.0 Å². The number of benzene rings is 1. The zero-order valence-electron chi connectivity index (χ0n) is 13.3. The van der Waals surface area contributed by atoms with Crippen LogP contribution in [0.15, 0.2) is 36.5 Å². The Bertz CT molecular complexity index is 605. The smallest absolute Gasteiger partial charge is 0.161 e. The first-order chi connectivity index (χ1) is 11.2. The average Bonchev–Trinajstić information content (AvgIpc) is 2.58. The highest BCUT2D eigenvalue weighted by atomic mass is 35.5. The van der Waals surface area contributed by atoms with Crippen molar-refractivity contribution in [3.63, 3.8) is 0 Å². The van der Waals surface area contributed by atoms with Crippen LogP contribution in [0, 0.1) is 0 Å². The van der Waals surface area contributed by atoms with Gasteiger partial charge in [0.2, 0.25) is 0 Å². The molecule has 0 aliphatic carbocycles. The van der Waals surface area contributed by atoms with Gasteiger partial charge in [-0.05, 0) is 23.8 Å². The SMILES string of the molecule is COCCNCc1ccc(OCc2ccc(Cl)nc2)c(OC)c1. The molecule has 0 fully saturated rings. The van der Waals surface area contributed by atoms with E-state index < -0.39 is 0 Å². The highest BCUT2D eigenvalue weighted by Gasteiger charge is 2.06. The first-order valence-electron chi connectivity index (χ1n) is 7.32. The second-order valence-electron chi connectivity index (χ2n) is 4.93. The number of methoxy groups -OCH3 is 2. The molecule has 1 aromatic carbocycles. The molecule has 1 aromatic heterocycles. The van der Waals surface area contributed by atoms with Gasteiger partial charge in [-0.3, -0.25) is 0 Å². The van der Waals surface area contributed by atoms with Crippen molar-refractivity contribution < 1.29 is 14.2 Å². The van der Waals surface area contributed by atoms with E-state index in [1.54, 1.807) is 26.5 Å². The van der Waals surface area contributed by atoms with E-state index >= 15 is 0 Å². The number of pyridine rings is 1. The molecule has 2 aromatic rings. The lowest BCUT2D eigenvalue weighted by molar-refractivity contribution is 0.199. The molecule has 0 aliphatic rings. The maximum absolute atomic E-state index is 5.80. The molecule has 0 saturated carbocycles. The zero-order valence-corrected chi connectivity index (χ0v) is 14.1. The minimum atomic E-state index is 0.409. The van der Waals surface area contributed by atoms with Crippen molar-refractivity contribution >= 4 is 11.6 Å². The Morgan fingerprint density at radius 1 is 1.09 bits per heavy atom. The summed E-state index contributed by atoms with van der Waals surface area (Å²) in [5.41, 5.74) is 2.07. The zero-order chi connectivity index (χ0) is 16.5. The number of hydrogen-bond acceptors (Lipinski definition) is 5. The number of nitrogens with one attached hydrogen (secondary N) is 1. The number of halogens is 1. The topological polar surface area (TPSA) is 52.6 Å². The summed E-state index contributed by atoms with van der Waals surface area (Å²) in [4.78, 5) is 4.03. The molecule has 0 amide bonds. The van der Waals surface area contributed by atoms with Crippen molar-refractivity contribution in [2.45, 2.75) is 13.2 Å². The molecule has 0 unspecified atom stereocenters. The van der Waals surface area contributed by atoms with Gasteiger partial charge in [-0.15, -0.1) is 0 Å². The summed E-state index contributed by atoms with van der Waals surface area (Å²) in [6.45, 7) is 2.65. The van der Waals surface area contributed by atoms with Crippen molar-refractivity contribution in [1.29, 1.82) is 0 Å². The standard InChI is InChI=1S/C17H21ClN2O3/c1-21-8-7-19-10-13-3-5-15(16(9-13)22-2)23-12-14-4-6-17(18)20-11-14/h3-6,9,11,19H,7-8,10,12H2,1-2H3. The molecular formula is C17H21ClN2O3. The Hall–Kier alpha value is -1.82. The molecule has 1 heterocycles. The van der Waals surface area contributed by atoms with Gasteiger partial charge in [0.1, 0.15) is 11.8 Å². The molecule has 1 N–H and O–H groups in total. The van der Waals surface area contributed by atoms with Crippen molar-refractivity contribution in [3.8, 4) is 11.5 Å². The second kappa shape index (κ2) is 9.35. The highest BCUT2D eigenvalue weighted by Crippen LogP contribution is 2.28. The van der Waals surface area contributed by atoms with Crippen LogP contribution in [0.1, 0.15) is 11.1 Å². The van der Waals surface area contributed by atoms with Gasteiger partial charge >= 0.3 is 0 Å². The summed E-state index contributed by atoms with van der Waals surface area (Å²) < 4.78 is 16.2. The predicted octanol–water partition coefficient (Wildman–Crippen LogP) is 3.06. The highest BCUT2D eigenvalue weighted by molar-refractivity contribution is 6.29. The number of rotatable bonds is 9. The summed E-state index contributed by atoms with van der Waals surface area (Å²) in [6, 6.07) is 9.52. The summed E-state index contributed by atoms with van der Waals surface area (Å²) in [5.74, 6) is 1.40. The van der Waals surface area contributed by atoms with E-state index in [0.717, 1.165) is 24.2 Å². The second-order valence-corrected chi connectivity index (χ2v) is 5.32. The van der Waals surface area contributed by atoms with Gasteiger partial charge < -0.3 is 19.5 Å². The fourth-order valence-corrected chi connectivity index (χ4v) is 2.11. The van der Waals surface area contributed by atoms with Crippen LogP contribution in [0.5, 0.6) is 11.5 Å². The summed E-state index contributed by atoms with van der Waals surface area (Å²) in [6.07, 6.45) is 1.70. The molecule has 23 heavy (non-hydrogen) atoms. The predicted molar refractivity (Wildman–Crippen MR) is 90.2 cm³/mol. The number of aromatic nitrogens is 1. The van der Waals surface area contributed by atoms with E-state index in [1.807, 2.05) is 24.3 Å². The number of ether oxygens (including phenoxy) is 3. The Morgan fingerprint density at radius 3 is 2.61 bits per heavy atom. The van der Waals surface area contributed by atoms with E-state index in [0.29, 0.717) is 29.9 Å². The van der Waals surface area contributed by atoms with Crippen LogP contribution in [0.2, 0.25) is 5.15 Å². The van der Waals surface area contributed by atoms with Gasteiger partial charge in [0.25, 0.3) is 0 Å². The van der Waals surface area contributed by atoms with Crippen LogP contribution in [-0.4, -0.2) is 32.4 Å². The monoisotopic (exact) mass is 336 g/mol. The van der Waals surface area contributed by atoms with Crippen LogP contribution in [-0.2, 0) is 17.9 Å². The van der Waals surface area contributed by atoms with Crippen molar-refractivity contribution in [2.75, 3.05) is 27.4 Å². The third kappa shape index (κ3) is 5.71. The molecule has 0 spiro atoms. The Labute approximate surface area is 141 Å². The maximum Gasteiger partial charge on any atom is 0.161 e. The third-order valence-electron chi connectivity index (χ3n) is 3.22. The minimum absolute atomic E-state index is 0.409. The molecule has 124 valence electrons. The minimum Gasteiger partial charge on any atom is -0.493 e. The maximum atomic E-state index is 5.80. The van der Waals surface area contributed by atoms with E-state index in [4.69, 9.17) is 25.8 Å². The van der Waals surface area contributed by atoms with Gasteiger partial charge in [-0.2, -0.15) is 0 Å². The largest absolute Gasteiger partial charge is 0.493 e. The van der Waals surface area contributed by atoms with Crippen molar-refractivity contribution in [3.05, 3.63) is 52.8 Å². The normalized spacial score (nSPS) is 10.6. The summed E-state index contributed by atoms with van der Waals surface area (Å²) >= 11 is 5.77. The van der Waals surface area contributed by atoms with Gasteiger partial charge in [0.15, 0.2) is 11.5 Å². The molecular weight excluding hydrogens is 316 g/mol. The average molecular weight is 337 g/mol. The Balaban J connectivity index is 1.94. The molecule has 0 aliphatic heterocycles. The van der Waals surface area contributed by atoms with Crippen LogP contribution in [0.3, 0.4) is 0 Å². The van der Waals surface area contributed by atoms with Crippen LogP contribution in [0.25, 0.3) is 0 Å². The van der Waals surface area contributed by atoms with Crippen molar-refractivity contribution in [2.24, 2.45) is 0 Å². The molecule has 2 rings (SSSR count). The van der Waals surface area contributed by atoms with Crippen LogP contribution >= 0.6 is 11.6 Å². The number of nitrogens with zero attached hydrogens (tertiary/aromatic N) is 1. The fourth-order valence-electron chi connectivity index (χ4n) is 2.00.